The lowest BCUT2D eigenvalue weighted by atomic mass is 10.1. The standard InChI is InChI=1S/C23H22N6O/c1-27-11-12-28(23(30)17-6-9-24-10-7-17)15-21(27)22-20-5-4-19(14-29(20)16-26-22)18-3-2-8-25-13-18/h2-10,13-14,16,21H,11-12,15H2,1H3. The smallest absolute Gasteiger partial charge is 0.254 e. The summed E-state index contributed by atoms with van der Waals surface area (Å²) in [5.74, 6) is 0.0397. The number of carbonyl (C=O) groups is 1. The molecule has 5 heterocycles. The van der Waals surface area contributed by atoms with Crippen LogP contribution >= 0.6 is 0 Å². The van der Waals surface area contributed by atoms with Gasteiger partial charge in [-0.1, -0.05) is 12.1 Å². The van der Waals surface area contributed by atoms with Gasteiger partial charge in [0.05, 0.1) is 23.6 Å². The first-order chi connectivity index (χ1) is 14.7. The molecule has 1 saturated heterocycles. The molecule has 0 bridgehead atoms. The Labute approximate surface area is 174 Å². The third-order valence-corrected chi connectivity index (χ3v) is 5.73. The molecule has 0 aromatic carbocycles. The molecule has 0 aliphatic carbocycles. The SMILES string of the molecule is CN1CCN(C(=O)c2ccncc2)CC1c1ncn2cc(-c3cccnc3)ccc12. The highest BCUT2D eigenvalue weighted by Crippen LogP contribution is 2.28. The summed E-state index contributed by atoms with van der Waals surface area (Å²) < 4.78 is 2.05. The van der Waals surface area contributed by atoms with Crippen molar-refractivity contribution in [2.75, 3.05) is 26.7 Å². The third kappa shape index (κ3) is 3.33. The second-order valence-electron chi connectivity index (χ2n) is 7.57. The molecule has 1 atom stereocenters. The van der Waals surface area contributed by atoms with Gasteiger partial charge in [0, 0.05) is 61.7 Å². The molecule has 1 fully saturated rings. The summed E-state index contributed by atoms with van der Waals surface area (Å²) in [6.45, 7) is 2.11. The minimum Gasteiger partial charge on any atom is -0.335 e. The number of piperazine rings is 1. The van der Waals surface area contributed by atoms with Gasteiger partial charge in [-0.25, -0.2) is 4.98 Å². The van der Waals surface area contributed by atoms with Gasteiger partial charge in [-0.05, 0) is 36.9 Å². The van der Waals surface area contributed by atoms with E-state index >= 15 is 0 Å². The van der Waals surface area contributed by atoms with Crippen molar-refractivity contribution in [2.24, 2.45) is 0 Å². The summed E-state index contributed by atoms with van der Waals surface area (Å²) >= 11 is 0. The predicted octanol–water partition coefficient (Wildman–Crippen LogP) is 2.92. The van der Waals surface area contributed by atoms with Crippen molar-refractivity contribution in [1.29, 1.82) is 0 Å². The minimum absolute atomic E-state index is 0.0397. The Morgan fingerprint density at radius 1 is 1.00 bits per heavy atom. The number of carbonyl (C=O) groups excluding carboxylic acids is 1. The number of hydrogen-bond acceptors (Lipinski definition) is 5. The zero-order chi connectivity index (χ0) is 20.5. The molecule has 7 heteroatoms. The van der Waals surface area contributed by atoms with Gasteiger partial charge in [-0.15, -0.1) is 0 Å². The van der Waals surface area contributed by atoms with Crippen LogP contribution in [0, 0.1) is 0 Å². The number of pyridine rings is 3. The Kier molecular flexibility index (Phi) is 4.72. The van der Waals surface area contributed by atoms with E-state index in [9.17, 15) is 4.79 Å². The summed E-state index contributed by atoms with van der Waals surface area (Å²) in [7, 11) is 2.09. The highest BCUT2D eigenvalue weighted by molar-refractivity contribution is 5.94. The van der Waals surface area contributed by atoms with Crippen molar-refractivity contribution in [3.8, 4) is 11.1 Å². The van der Waals surface area contributed by atoms with Crippen molar-refractivity contribution < 1.29 is 4.79 Å². The molecule has 0 N–H and O–H groups in total. The summed E-state index contributed by atoms with van der Waals surface area (Å²) in [4.78, 5) is 30.1. The monoisotopic (exact) mass is 398 g/mol. The third-order valence-electron chi connectivity index (χ3n) is 5.73. The lowest BCUT2D eigenvalue weighted by Crippen LogP contribution is -2.49. The molecular weight excluding hydrogens is 376 g/mol. The number of fused-ring (bicyclic) bond motifs is 1. The Hall–Kier alpha value is -3.58. The van der Waals surface area contributed by atoms with Gasteiger partial charge < -0.3 is 9.30 Å². The van der Waals surface area contributed by atoms with Crippen molar-refractivity contribution in [3.05, 3.63) is 85.0 Å². The van der Waals surface area contributed by atoms with Crippen LogP contribution in [0.2, 0.25) is 0 Å². The van der Waals surface area contributed by atoms with Crippen LogP contribution < -0.4 is 0 Å². The van der Waals surface area contributed by atoms with Crippen LogP contribution in [0.5, 0.6) is 0 Å². The molecule has 1 aliphatic rings. The number of nitrogens with zero attached hydrogens (tertiary/aromatic N) is 6. The minimum atomic E-state index is 0.0397. The normalized spacial score (nSPS) is 17.4. The Morgan fingerprint density at radius 2 is 1.87 bits per heavy atom. The molecule has 0 spiro atoms. The zero-order valence-corrected chi connectivity index (χ0v) is 16.7. The second-order valence-corrected chi connectivity index (χ2v) is 7.57. The van der Waals surface area contributed by atoms with Crippen molar-refractivity contribution in [1.82, 2.24) is 29.2 Å². The van der Waals surface area contributed by atoms with Crippen molar-refractivity contribution >= 4 is 11.4 Å². The van der Waals surface area contributed by atoms with Crippen LogP contribution in [0.4, 0.5) is 0 Å². The largest absolute Gasteiger partial charge is 0.335 e. The lowest BCUT2D eigenvalue weighted by Gasteiger charge is -2.38. The molecule has 150 valence electrons. The maximum Gasteiger partial charge on any atom is 0.254 e. The highest BCUT2D eigenvalue weighted by Gasteiger charge is 2.31. The first kappa shape index (κ1) is 18.4. The van der Waals surface area contributed by atoms with Crippen LogP contribution in [0.1, 0.15) is 22.1 Å². The number of likely N-dealkylation sites (N-methyl/N-ethyl adjacent to an activating group) is 1. The topological polar surface area (TPSA) is 66.6 Å². The molecule has 1 unspecified atom stereocenters. The zero-order valence-electron chi connectivity index (χ0n) is 16.7. The summed E-state index contributed by atoms with van der Waals surface area (Å²) in [6.07, 6.45) is 10.9. The molecule has 5 rings (SSSR count). The molecule has 7 nitrogen and oxygen atoms in total. The fourth-order valence-corrected chi connectivity index (χ4v) is 4.01. The Bertz CT molecular complexity index is 1170. The quantitative estimate of drug-likeness (QED) is 0.531. The Morgan fingerprint density at radius 3 is 2.67 bits per heavy atom. The molecule has 1 aliphatic heterocycles. The average Bonchev–Trinajstić information content (AvgIpc) is 3.23. The molecule has 1 amide bonds. The Balaban J connectivity index is 1.44. The van der Waals surface area contributed by atoms with Crippen LogP contribution in [0.25, 0.3) is 16.6 Å². The maximum atomic E-state index is 12.9. The van der Waals surface area contributed by atoms with E-state index in [4.69, 9.17) is 4.98 Å². The summed E-state index contributed by atoms with van der Waals surface area (Å²) in [5.41, 5.74) is 4.87. The average molecular weight is 398 g/mol. The lowest BCUT2D eigenvalue weighted by molar-refractivity contribution is 0.0542. The molecule has 0 radical (unpaired) electrons. The van der Waals surface area contributed by atoms with E-state index in [1.165, 1.54) is 0 Å². The van der Waals surface area contributed by atoms with E-state index < -0.39 is 0 Å². The number of imidazole rings is 1. The molecular formula is C23H22N6O. The second kappa shape index (κ2) is 7.68. The first-order valence-electron chi connectivity index (χ1n) is 9.97. The molecule has 4 aromatic heterocycles. The molecule has 30 heavy (non-hydrogen) atoms. The van der Waals surface area contributed by atoms with E-state index in [0.717, 1.165) is 28.9 Å². The van der Waals surface area contributed by atoms with E-state index in [2.05, 4.69) is 44.6 Å². The van der Waals surface area contributed by atoms with Gasteiger partial charge in [0.15, 0.2) is 0 Å². The summed E-state index contributed by atoms with van der Waals surface area (Å²) in [6, 6.07) is 11.7. The van der Waals surface area contributed by atoms with Crippen LogP contribution in [0.3, 0.4) is 0 Å². The van der Waals surface area contributed by atoms with Gasteiger partial charge in [-0.3, -0.25) is 19.7 Å². The maximum absolute atomic E-state index is 12.9. The van der Waals surface area contributed by atoms with Crippen molar-refractivity contribution in [2.45, 2.75) is 6.04 Å². The first-order valence-corrected chi connectivity index (χ1v) is 9.97. The van der Waals surface area contributed by atoms with Gasteiger partial charge in [0.1, 0.15) is 0 Å². The van der Waals surface area contributed by atoms with E-state index in [-0.39, 0.29) is 11.9 Å². The van der Waals surface area contributed by atoms with Gasteiger partial charge in [0.25, 0.3) is 5.91 Å². The van der Waals surface area contributed by atoms with E-state index in [1.807, 2.05) is 29.6 Å². The fraction of sp³-hybridized carbons (Fsp3) is 0.217. The van der Waals surface area contributed by atoms with E-state index in [1.54, 1.807) is 30.7 Å². The van der Waals surface area contributed by atoms with Crippen molar-refractivity contribution in [3.63, 3.8) is 0 Å². The van der Waals surface area contributed by atoms with Crippen LogP contribution in [0.15, 0.2) is 73.7 Å². The van der Waals surface area contributed by atoms with E-state index in [0.29, 0.717) is 18.7 Å². The number of rotatable bonds is 3. The van der Waals surface area contributed by atoms with Crippen LogP contribution in [-0.2, 0) is 0 Å². The highest BCUT2D eigenvalue weighted by atomic mass is 16.2. The van der Waals surface area contributed by atoms with Gasteiger partial charge in [0.2, 0.25) is 0 Å². The van der Waals surface area contributed by atoms with Gasteiger partial charge >= 0.3 is 0 Å². The number of hydrogen-bond donors (Lipinski definition) is 0. The summed E-state index contributed by atoms with van der Waals surface area (Å²) in [5, 5.41) is 0. The number of amides is 1. The van der Waals surface area contributed by atoms with Gasteiger partial charge in [-0.2, -0.15) is 0 Å². The predicted molar refractivity (Wildman–Crippen MR) is 114 cm³/mol. The molecule has 4 aromatic rings. The molecule has 0 saturated carbocycles. The van der Waals surface area contributed by atoms with Crippen LogP contribution in [-0.4, -0.2) is 61.7 Å². The number of aromatic nitrogens is 4. The fourth-order valence-electron chi connectivity index (χ4n) is 4.01.